The maximum Gasteiger partial charge on any atom is 0.203 e. The lowest BCUT2D eigenvalue weighted by atomic mass is 10.2. The number of benzene rings is 4. The second-order valence-electron chi connectivity index (χ2n) is 8.39. The highest BCUT2D eigenvalue weighted by Crippen LogP contribution is 2.39. The molecule has 5 nitrogen and oxygen atoms in total. The second kappa shape index (κ2) is 14.8. The minimum Gasteiger partial charge on any atom is -0.497 e. The second-order valence-corrected chi connectivity index (χ2v) is 12.1. The molecular weight excluding hydrogens is 547 g/mol. The zero-order chi connectivity index (χ0) is 27.5. The molecule has 39 heavy (non-hydrogen) atoms. The Hall–Kier alpha value is -3.20. The summed E-state index contributed by atoms with van der Waals surface area (Å²) >= 11 is 4.95. The van der Waals surface area contributed by atoms with Crippen molar-refractivity contribution in [2.45, 2.75) is 32.6 Å². The maximum atomic E-state index is 6.35. The van der Waals surface area contributed by atoms with E-state index in [1.807, 2.05) is 48.5 Å². The molecule has 0 aliphatic rings. The molecule has 0 heterocycles. The predicted octanol–water partition coefficient (Wildman–Crippen LogP) is 8.81. The molecule has 0 fully saturated rings. The van der Waals surface area contributed by atoms with Gasteiger partial charge in [-0.15, -0.1) is 23.5 Å². The molecule has 4 aromatic rings. The quantitative estimate of drug-likeness (QED) is 0.0548. The predicted molar refractivity (Wildman–Crippen MR) is 164 cm³/mol. The van der Waals surface area contributed by atoms with Crippen molar-refractivity contribution in [1.29, 1.82) is 0 Å². The summed E-state index contributed by atoms with van der Waals surface area (Å²) in [5, 5.41) is 0. The van der Waals surface area contributed by atoms with Crippen molar-refractivity contribution < 1.29 is 18.9 Å². The fourth-order valence-corrected chi connectivity index (χ4v) is 6.52. The number of aryl methyl sites for hydroxylation is 1. The van der Waals surface area contributed by atoms with Crippen LogP contribution in [-0.2, 0) is 0 Å². The fourth-order valence-electron chi connectivity index (χ4n) is 3.44. The molecule has 0 radical (unpaired) electrons. The topological polar surface area (TPSA) is 49.3 Å². The Morgan fingerprint density at radius 1 is 0.590 bits per heavy atom. The number of methoxy groups -OCH3 is 3. The van der Waals surface area contributed by atoms with E-state index in [0.717, 1.165) is 31.9 Å². The summed E-state index contributed by atoms with van der Waals surface area (Å²) in [6.07, 6.45) is 0.596. The summed E-state index contributed by atoms with van der Waals surface area (Å²) in [6, 6.07) is 32.1. The van der Waals surface area contributed by atoms with E-state index >= 15 is 0 Å². The Labute approximate surface area is 243 Å². The van der Waals surface area contributed by atoms with Crippen LogP contribution in [0, 0.1) is 6.92 Å². The third kappa shape index (κ3) is 9.20. The standard InChI is InChI=1S/C31H31NO4S3/c1-22-5-15-29(16-6-22)39-32-30(36-26-9-7-23(33-2)8-10-26)21-31(37-27-17-11-24(34-3)12-18-27)38-28-19-13-25(35-4)14-20-28/h5-20,31H,21H2,1-4H3/b32-30-. The van der Waals surface area contributed by atoms with Crippen LogP contribution in [0.25, 0.3) is 0 Å². The molecule has 4 rings (SSSR count). The SMILES string of the molecule is COc1ccc(O/C(CC(Sc2ccc(OC)cc2)Sc2ccc(OC)cc2)=N\Sc2ccc(C)cc2)cc1. The molecule has 0 atom stereocenters. The number of nitrogens with zero attached hydrogens (tertiary/aromatic N) is 1. The van der Waals surface area contributed by atoms with Gasteiger partial charge in [0, 0.05) is 33.1 Å². The average Bonchev–Trinajstić information content (AvgIpc) is 2.98. The van der Waals surface area contributed by atoms with Gasteiger partial charge in [-0.3, -0.25) is 0 Å². The number of rotatable bonds is 12. The molecule has 0 spiro atoms. The van der Waals surface area contributed by atoms with Crippen molar-refractivity contribution in [2.24, 2.45) is 4.40 Å². The molecule has 0 saturated heterocycles. The lowest BCUT2D eigenvalue weighted by Crippen LogP contribution is -2.14. The van der Waals surface area contributed by atoms with Gasteiger partial charge in [0.25, 0.3) is 0 Å². The minimum absolute atomic E-state index is 0.0856. The van der Waals surface area contributed by atoms with Gasteiger partial charge in [-0.05, 0) is 91.9 Å². The van der Waals surface area contributed by atoms with Crippen molar-refractivity contribution in [3.05, 3.63) is 103 Å². The van der Waals surface area contributed by atoms with E-state index in [2.05, 4.69) is 55.5 Å². The normalized spacial score (nSPS) is 11.4. The Kier molecular flexibility index (Phi) is 10.9. The smallest absolute Gasteiger partial charge is 0.203 e. The molecule has 8 heteroatoms. The average molecular weight is 578 g/mol. The summed E-state index contributed by atoms with van der Waals surface area (Å²) in [7, 11) is 5.00. The van der Waals surface area contributed by atoms with Crippen molar-refractivity contribution in [3.8, 4) is 23.0 Å². The summed E-state index contributed by atoms with van der Waals surface area (Å²) in [4.78, 5) is 3.33. The van der Waals surface area contributed by atoms with E-state index in [4.69, 9.17) is 23.3 Å². The Morgan fingerprint density at radius 2 is 1.00 bits per heavy atom. The minimum atomic E-state index is 0.0856. The molecule has 0 aromatic heterocycles. The van der Waals surface area contributed by atoms with Crippen LogP contribution in [0.5, 0.6) is 23.0 Å². The van der Waals surface area contributed by atoms with Crippen LogP contribution >= 0.6 is 35.5 Å². The van der Waals surface area contributed by atoms with E-state index in [-0.39, 0.29) is 4.58 Å². The fraction of sp³-hybridized carbons (Fsp3) is 0.194. The lowest BCUT2D eigenvalue weighted by Gasteiger charge is -2.18. The van der Waals surface area contributed by atoms with Crippen LogP contribution in [0.3, 0.4) is 0 Å². The van der Waals surface area contributed by atoms with E-state index in [1.54, 1.807) is 44.9 Å². The maximum absolute atomic E-state index is 6.35. The number of thioether (sulfide) groups is 2. The highest BCUT2D eigenvalue weighted by molar-refractivity contribution is 8.17. The van der Waals surface area contributed by atoms with Crippen LogP contribution in [0.1, 0.15) is 12.0 Å². The molecule has 0 N–H and O–H groups in total. The Balaban J connectivity index is 1.60. The highest BCUT2D eigenvalue weighted by atomic mass is 32.2. The van der Waals surface area contributed by atoms with Crippen LogP contribution in [0.2, 0.25) is 0 Å². The van der Waals surface area contributed by atoms with Crippen LogP contribution in [-0.4, -0.2) is 31.8 Å². The van der Waals surface area contributed by atoms with Crippen molar-refractivity contribution in [3.63, 3.8) is 0 Å². The lowest BCUT2D eigenvalue weighted by molar-refractivity contribution is 0.413. The van der Waals surface area contributed by atoms with E-state index in [1.165, 1.54) is 17.5 Å². The van der Waals surface area contributed by atoms with Gasteiger partial charge in [0.1, 0.15) is 23.0 Å². The third-order valence-electron chi connectivity index (χ3n) is 5.56. The molecule has 0 saturated carbocycles. The molecule has 4 aromatic carbocycles. The first kappa shape index (κ1) is 28.8. The van der Waals surface area contributed by atoms with Gasteiger partial charge >= 0.3 is 0 Å². The molecule has 202 valence electrons. The number of hydrogen-bond donors (Lipinski definition) is 0. The van der Waals surface area contributed by atoms with E-state index in [0.29, 0.717) is 18.1 Å². The van der Waals surface area contributed by atoms with Gasteiger partial charge in [0.2, 0.25) is 5.90 Å². The highest BCUT2D eigenvalue weighted by Gasteiger charge is 2.19. The molecule has 0 aliphatic heterocycles. The molecule has 0 unspecified atom stereocenters. The Morgan fingerprint density at radius 3 is 1.46 bits per heavy atom. The van der Waals surface area contributed by atoms with Crippen LogP contribution in [0.4, 0.5) is 0 Å². The summed E-state index contributed by atoms with van der Waals surface area (Å²) < 4.78 is 27.3. The van der Waals surface area contributed by atoms with E-state index in [9.17, 15) is 0 Å². The zero-order valence-corrected chi connectivity index (χ0v) is 24.8. The first-order valence-corrected chi connectivity index (χ1v) is 14.8. The largest absolute Gasteiger partial charge is 0.497 e. The molecular formula is C31H31NO4S3. The van der Waals surface area contributed by atoms with Gasteiger partial charge in [-0.1, -0.05) is 17.7 Å². The summed E-state index contributed by atoms with van der Waals surface area (Å²) in [5.74, 6) is 3.79. The molecule has 0 amide bonds. The molecule has 0 bridgehead atoms. The van der Waals surface area contributed by atoms with Crippen molar-refractivity contribution in [2.75, 3.05) is 21.3 Å². The Bertz CT molecular complexity index is 1280. The third-order valence-corrected chi connectivity index (χ3v) is 8.87. The van der Waals surface area contributed by atoms with Gasteiger partial charge in [0.05, 0.1) is 25.9 Å². The van der Waals surface area contributed by atoms with Gasteiger partial charge in [-0.25, -0.2) is 0 Å². The number of hydrogen-bond acceptors (Lipinski definition) is 8. The van der Waals surface area contributed by atoms with Crippen molar-refractivity contribution >= 4 is 41.4 Å². The first-order chi connectivity index (χ1) is 19.0. The summed E-state index contributed by atoms with van der Waals surface area (Å²) in [6.45, 7) is 2.08. The van der Waals surface area contributed by atoms with Gasteiger partial charge in [-0.2, -0.15) is 4.40 Å². The summed E-state index contributed by atoms with van der Waals surface area (Å²) in [5.41, 5.74) is 1.21. The first-order valence-electron chi connectivity index (χ1n) is 12.3. The van der Waals surface area contributed by atoms with Crippen LogP contribution < -0.4 is 18.9 Å². The van der Waals surface area contributed by atoms with Crippen LogP contribution in [0.15, 0.2) is 116 Å². The monoisotopic (exact) mass is 577 g/mol. The van der Waals surface area contributed by atoms with Gasteiger partial charge < -0.3 is 18.9 Å². The van der Waals surface area contributed by atoms with E-state index < -0.39 is 0 Å². The number of ether oxygens (including phenoxy) is 4. The van der Waals surface area contributed by atoms with Crippen molar-refractivity contribution in [1.82, 2.24) is 0 Å². The zero-order valence-electron chi connectivity index (χ0n) is 22.3. The van der Waals surface area contributed by atoms with Gasteiger partial charge in [0.15, 0.2) is 0 Å². The molecule has 0 aliphatic carbocycles.